The summed E-state index contributed by atoms with van der Waals surface area (Å²) >= 11 is 0. The van der Waals surface area contributed by atoms with Crippen molar-refractivity contribution in [3.8, 4) is 0 Å². The van der Waals surface area contributed by atoms with Crippen LogP contribution in [0.1, 0.15) is 30.0 Å². The van der Waals surface area contributed by atoms with E-state index in [2.05, 4.69) is 0 Å². The van der Waals surface area contributed by atoms with E-state index in [0.717, 1.165) is 35.0 Å². The number of aliphatic carboxylic acids is 1. The Balaban J connectivity index is 2.34. The van der Waals surface area contributed by atoms with Crippen LogP contribution in [0.4, 0.5) is 4.39 Å². The summed E-state index contributed by atoms with van der Waals surface area (Å²) in [6.07, 6.45) is 2.34. The number of fused-ring (bicyclic) bond motifs is 3. The van der Waals surface area contributed by atoms with Crippen molar-refractivity contribution in [3.05, 3.63) is 35.3 Å². The van der Waals surface area contributed by atoms with Crippen molar-refractivity contribution in [2.75, 3.05) is 0 Å². The molecule has 1 aromatic carbocycles. The Morgan fingerprint density at radius 2 is 2.28 bits per heavy atom. The SMILES string of the molecule is Cn1c2c(c3cc(F)ccc31)CCCC2C(=O)O. The first-order chi connectivity index (χ1) is 8.59. The zero-order valence-electron chi connectivity index (χ0n) is 10.1. The summed E-state index contributed by atoms with van der Waals surface area (Å²) in [5.41, 5.74) is 2.76. The Hall–Kier alpha value is -1.84. The summed E-state index contributed by atoms with van der Waals surface area (Å²) in [6.45, 7) is 0. The fourth-order valence-corrected chi connectivity index (χ4v) is 3.08. The maximum atomic E-state index is 13.3. The van der Waals surface area contributed by atoms with Gasteiger partial charge in [0.25, 0.3) is 0 Å². The van der Waals surface area contributed by atoms with Gasteiger partial charge in [-0.15, -0.1) is 0 Å². The molecule has 0 spiro atoms. The molecular weight excluding hydrogens is 233 g/mol. The van der Waals surface area contributed by atoms with Crippen LogP contribution in [0.3, 0.4) is 0 Å². The molecule has 1 atom stereocenters. The highest BCUT2D eigenvalue weighted by Crippen LogP contribution is 2.38. The lowest BCUT2D eigenvalue weighted by atomic mass is 9.87. The van der Waals surface area contributed by atoms with Gasteiger partial charge in [-0.05, 0) is 43.0 Å². The summed E-state index contributed by atoms with van der Waals surface area (Å²) in [5.74, 6) is -1.52. The van der Waals surface area contributed by atoms with E-state index in [0.29, 0.717) is 6.42 Å². The molecular formula is C14H14FNO2. The zero-order valence-corrected chi connectivity index (χ0v) is 10.1. The second-order valence-corrected chi connectivity index (χ2v) is 4.87. The predicted molar refractivity (Wildman–Crippen MR) is 66.2 cm³/mol. The number of benzene rings is 1. The molecule has 18 heavy (non-hydrogen) atoms. The summed E-state index contributed by atoms with van der Waals surface area (Å²) in [7, 11) is 1.86. The lowest BCUT2D eigenvalue weighted by Gasteiger charge is -2.20. The van der Waals surface area contributed by atoms with E-state index in [4.69, 9.17) is 0 Å². The molecule has 0 fully saturated rings. The van der Waals surface area contributed by atoms with Crippen LogP contribution in [0.15, 0.2) is 18.2 Å². The Morgan fingerprint density at radius 1 is 1.50 bits per heavy atom. The minimum atomic E-state index is -0.790. The van der Waals surface area contributed by atoms with E-state index in [-0.39, 0.29) is 5.82 Å². The molecule has 3 rings (SSSR count). The highest BCUT2D eigenvalue weighted by Gasteiger charge is 2.31. The largest absolute Gasteiger partial charge is 0.481 e. The average Bonchev–Trinajstić information content (AvgIpc) is 2.63. The van der Waals surface area contributed by atoms with Crippen molar-refractivity contribution >= 4 is 16.9 Å². The molecule has 0 bridgehead atoms. The van der Waals surface area contributed by atoms with Crippen molar-refractivity contribution in [2.45, 2.75) is 25.2 Å². The van der Waals surface area contributed by atoms with Crippen LogP contribution < -0.4 is 0 Å². The first-order valence-electron chi connectivity index (χ1n) is 6.09. The molecule has 94 valence electrons. The molecule has 1 N–H and O–H groups in total. The van der Waals surface area contributed by atoms with Crippen LogP contribution in [0.5, 0.6) is 0 Å². The van der Waals surface area contributed by atoms with Crippen LogP contribution >= 0.6 is 0 Å². The van der Waals surface area contributed by atoms with E-state index in [1.807, 2.05) is 11.6 Å². The van der Waals surface area contributed by atoms with Gasteiger partial charge >= 0.3 is 5.97 Å². The van der Waals surface area contributed by atoms with Gasteiger partial charge in [-0.2, -0.15) is 0 Å². The first-order valence-corrected chi connectivity index (χ1v) is 6.09. The van der Waals surface area contributed by atoms with Crippen molar-refractivity contribution in [2.24, 2.45) is 7.05 Å². The van der Waals surface area contributed by atoms with E-state index in [1.54, 1.807) is 6.07 Å². The lowest BCUT2D eigenvalue weighted by Crippen LogP contribution is -2.20. The van der Waals surface area contributed by atoms with Crippen LogP contribution in [0.25, 0.3) is 10.9 Å². The van der Waals surface area contributed by atoms with Gasteiger partial charge in [-0.25, -0.2) is 4.39 Å². The van der Waals surface area contributed by atoms with Gasteiger partial charge in [-0.3, -0.25) is 4.79 Å². The summed E-state index contributed by atoms with van der Waals surface area (Å²) in [4.78, 5) is 11.3. The van der Waals surface area contributed by atoms with Gasteiger partial charge in [0.05, 0.1) is 5.92 Å². The third-order valence-corrected chi connectivity index (χ3v) is 3.86. The number of aryl methyl sites for hydroxylation is 2. The molecule has 1 unspecified atom stereocenters. The van der Waals surface area contributed by atoms with Crippen molar-refractivity contribution in [3.63, 3.8) is 0 Å². The third kappa shape index (κ3) is 1.45. The van der Waals surface area contributed by atoms with Gasteiger partial charge in [0.1, 0.15) is 5.82 Å². The molecule has 0 amide bonds. The van der Waals surface area contributed by atoms with E-state index < -0.39 is 11.9 Å². The average molecular weight is 247 g/mol. The normalized spacial score (nSPS) is 18.9. The fourth-order valence-electron chi connectivity index (χ4n) is 3.08. The molecule has 2 aromatic rings. The topological polar surface area (TPSA) is 42.2 Å². The number of carboxylic acids is 1. The monoisotopic (exact) mass is 247 g/mol. The Labute approximate surface area is 104 Å². The predicted octanol–water partition coefficient (Wildman–Crippen LogP) is 2.82. The molecule has 1 aliphatic carbocycles. The Bertz CT molecular complexity index is 645. The van der Waals surface area contributed by atoms with Gasteiger partial charge in [0.15, 0.2) is 0 Å². The lowest BCUT2D eigenvalue weighted by molar-refractivity contribution is -0.139. The maximum absolute atomic E-state index is 13.3. The number of carbonyl (C=O) groups is 1. The summed E-state index contributed by atoms with van der Waals surface area (Å²) in [6, 6.07) is 4.66. The van der Waals surface area contributed by atoms with Crippen LogP contribution in [0.2, 0.25) is 0 Å². The Morgan fingerprint density at radius 3 is 3.00 bits per heavy atom. The third-order valence-electron chi connectivity index (χ3n) is 3.86. The standard InChI is InChI=1S/C14H14FNO2/c1-16-12-6-5-8(15)7-11(12)9-3-2-4-10(13(9)16)14(17)18/h5-7,10H,2-4H2,1H3,(H,17,18). The fraction of sp³-hybridized carbons (Fsp3) is 0.357. The molecule has 1 heterocycles. The van der Waals surface area contributed by atoms with Gasteiger partial charge in [0, 0.05) is 23.6 Å². The van der Waals surface area contributed by atoms with Gasteiger partial charge in [-0.1, -0.05) is 0 Å². The highest BCUT2D eigenvalue weighted by atomic mass is 19.1. The number of carboxylic acid groups (broad SMARTS) is 1. The molecule has 1 aromatic heterocycles. The number of halogens is 1. The summed E-state index contributed by atoms with van der Waals surface area (Å²) in [5, 5.41) is 10.2. The smallest absolute Gasteiger partial charge is 0.312 e. The van der Waals surface area contributed by atoms with Gasteiger partial charge < -0.3 is 9.67 Å². The number of hydrogen-bond acceptors (Lipinski definition) is 1. The minimum absolute atomic E-state index is 0.270. The zero-order chi connectivity index (χ0) is 12.9. The highest BCUT2D eigenvalue weighted by molar-refractivity contribution is 5.89. The second kappa shape index (κ2) is 3.83. The molecule has 1 aliphatic rings. The van der Waals surface area contributed by atoms with Crippen molar-refractivity contribution in [1.29, 1.82) is 0 Å². The summed E-state index contributed by atoms with van der Waals surface area (Å²) < 4.78 is 15.3. The number of aromatic nitrogens is 1. The van der Waals surface area contributed by atoms with Crippen molar-refractivity contribution in [1.82, 2.24) is 4.57 Å². The first kappa shape index (κ1) is 11.3. The number of rotatable bonds is 1. The maximum Gasteiger partial charge on any atom is 0.312 e. The quantitative estimate of drug-likeness (QED) is 0.842. The van der Waals surface area contributed by atoms with E-state index >= 15 is 0 Å². The van der Waals surface area contributed by atoms with E-state index in [9.17, 15) is 14.3 Å². The molecule has 4 heteroatoms. The number of nitrogens with zero attached hydrogens (tertiary/aromatic N) is 1. The molecule has 0 saturated heterocycles. The van der Waals surface area contributed by atoms with Crippen LogP contribution in [-0.2, 0) is 18.3 Å². The molecule has 0 saturated carbocycles. The molecule has 0 aliphatic heterocycles. The Kier molecular flexibility index (Phi) is 2.40. The van der Waals surface area contributed by atoms with Crippen LogP contribution in [-0.4, -0.2) is 15.6 Å². The van der Waals surface area contributed by atoms with Gasteiger partial charge in [0.2, 0.25) is 0 Å². The van der Waals surface area contributed by atoms with Crippen molar-refractivity contribution < 1.29 is 14.3 Å². The molecule has 0 radical (unpaired) electrons. The second-order valence-electron chi connectivity index (χ2n) is 4.87. The molecule has 3 nitrogen and oxygen atoms in total. The van der Waals surface area contributed by atoms with Crippen LogP contribution in [0, 0.1) is 5.82 Å². The van der Waals surface area contributed by atoms with E-state index in [1.165, 1.54) is 12.1 Å². The number of hydrogen-bond donors (Lipinski definition) is 1. The minimum Gasteiger partial charge on any atom is -0.481 e.